The molecule has 68 heavy (non-hydrogen) atoms. The normalized spacial score (nSPS) is 11.6. The van der Waals surface area contributed by atoms with Crippen LogP contribution in [0.2, 0.25) is 0 Å². The summed E-state index contributed by atoms with van der Waals surface area (Å²) in [5.74, 6) is 0. The second-order valence-corrected chi connectivity index (χ2v) is 17.3. The van der Waals surface area contributed by atoms with Crippen LogP contribution in [0.3, 0.4) is 0 Å². The molecule has 0 aliphatic rings. The molecule has 0 saturated carbocycles. The fourth-order valence-electron chi connectivity index (χ4n) is 9.69. The minimum absolute atomic E-state index is 0.391. The van der Waals surface area contributed by atoms with Gasteiger partial charge in [-0.25, -0.2) is 9.59 Å². The highest BCUT2D eigenvalue weighted by molar-refractivity contribution is 6.07. The third kappa shape index (κ3) is 7.59. The zero-order valence-corrected chi connectivity index (χ0v) is 36.9. The van der Waals surface area contributed by atoms with Crippen LogP contribution in [-0.2, 0) is 25.7 Å². The van der Waals surface area contributed by atoms with Crippen LogP contribution in [-0.4, -0.2) is 15.0 Å². The van der Waals surface area contributed by atoms with Crippen LogP contribution in [0.1, 0.15) is 22.3 Å². The van der Waals surface area contributed by atoms with Gasteiger partial charge < -0.3 is 8.83 Å². The molecule has 0 amide bonds. The molecule has 0 fully saturated rings. The number of nitrogens with zero attached hydrogens (tertiary/aromatic N) is 3. The van der Waals surface area contributed by atoms with E-state index in [1.165, 1.54) is 0 Å². The first kappa shape index (κ1) is 40.7. The topological polar surface area (TPSA) is 99.1 Å². The third-order valence-electron chi connectivity index (χ3n) is 13.0. The van der Waals surface area contributed by atoms with Gasteiger partial charge >= 0.3 is 11.3 Å². The van der Waals surface area contributed by atoms with Crippen LogP contribution in [0.15, 0.2) is 219 Å². The van der Waals surface area contributed by atoms with Crippen molar-refractivity contribution in [1.29, 1.82) is 0 Å². The molecule has 12 rings (SSSR count). The fraction of sp³-hybridized carbons (Fsp3) is 0.0656. The van der Waals surface area contributed by atoms with Crippen LogP contribution >= 0.6 is 0 Å². The van der Waals surface area contributed by atoms with E-state index in [9.17, 15) is 9.59 Å². The molecule has 7 aromatic carbocycles. The molecule has 5 aromatic heterocycles. The number of hydrogen-bond donors (Lipinski definition) is 0. The van der Waals surface area contributed by atoms with E-state index in [0.29, 0.717) is 58.7 Å². The van der Waals surface area contributed by atoms with Gasteiger partial charge in [0, 0.05) is 45.9 Å². The Hall–Kier alpha value is -8.81. The van der Waals surface area contributed by atoms with Gasteiger partial charge in [0.05, 0.1) is 27.5 Å². The summed E-state index contributed by atoms with van der Waals surface area (Å²) in [5.41, 5.74) is 14.3. The summed E-state index contributed by atoms with van der Waals surface area (Å²) in [7, 11) is 0. The van der Waals surface area contributed by atoms with Gasteiger partial charge in [-0.15, -0.1) is 0 Å². The lowest BCUT2D eigenvalue weighted by Gasteiger charge is -2.17. The average molecular weight is 880 g/mol. The van der Waals surface area contributed by atoms with E-state index >= 15 is 0 Å². The summed E-state index contributed by atoms with van der Waals surface area (Å²) in [6.45, 7) is 0. The summed E-state index contributed by atoms with van der Waals surface area (Å²) in [6, 6.07) is 61.9. The zero-order valence-electron chi connectivity index (χ0n) is 36.9. The number of aryl methyl sites for hydroxylation is 4. The van der Waals surface area contributed by atoms with Crippen LogP contribution in [0.5, 0.6) is 0 Å². The number of benzene rings is 7. The van der Waals surface area contributed by atoms with Crippen molar-refractivity contribution in [2.75, 3.05) is 0 Å². The largest absolute Gasteiger partial charge is 0.422 e. The number of rotatable bonds is 10. The van der Waals surface area contributed by atoms with Crippen molar-refractivity contribution < 1.29 is 8.83 Å². The lowest BCUT2D eigenvalue weighted by Crippen LogP contribution is -2.04. The zero-order chi connectivity index (χ0) is 45.6. The van der Waals surface area contributed by atoms with Crippen molar-refractivity contribution >= 4 is 54.5 Å². The van der Waals surface area contributed by atoms with Gasteiger partial charge in [0.1, 0.15) is 11.2 Å². The molecule has 5 heterocycles. The Kier molecular flexibility index (Phi) is 10.3. The van der Waals surface area contributed by atoms with E-state index in [0.717, 1.165) is 88.4 Å². The highest BCUT2D eigenvalue weighted by Gasteiger charge is 2.18. The van der Waals surface area contributed by atoms with Crippen molar-refractivity contribution in [2.45, 2.75) is 25.7 Å². The van der Waals surface area contributed by atoms with Crippen LogP contribution in [0.4, 0.5) is 0 Å². The third-order valence-corrected chi connectivity index (χ3v) is 13.0. The number of fused-ring (bicyclic) bond motifs is 7. The fourth-order valence-corrected chi connectivity index (χ4v) is 9.69. The van der Waals surface area contributed by atoms with Crippen LogP contribution in [0, 0.1) is 0 Å². The van der Waals surface area contributed by atoms with Gasteiger partial charge in [0.25, 0.3) is 0 Å². The molecule has 12 aromatic rings. The predicted octanol–water partition coefficient (Wildman–Crippen LogP) is 13.8. The molecule has 0 radical (unpaired) electrons. The van der Waals surface area contributed by atoms with E-state index in [2.05, 4.69) is 109 Å². The maximum absolute atomic E-state index is 13.2. The number of aromatic nitrogens is 3. The van der Waals surface area contributed by atoms with E-state index in [1.54, 1.807) is 12.1 Å². The molecule has 0 saturated heterocycles. The first-order valence-electron chi connectivity index (χ1n) is 22.9. The quantitative estimate of drug-likeness (QED) is 0.0996. The lowest BCUT2D eigenvalue weighted by molar-refractivity contribution is 0.569. The SMILES string of the molecule is O=c1oc2ccccc2c2ncc(CCc3cc(CCc4cnc5c(c4)c(=O)oc4ccccc45)cc(-c4ccccc4-c4cnc(-c5ccccc5)c5ccc(-c6ccccc6)cc45)c3)cc12. The van der Waals surface area contributed by atoms with Crippen molar-refractivity contribution in [3.05, 3.63) is 244 Å². The smallest absolute Gasteiger partial charge is 0.345 e. The Morgan fingerprint density at radius 3 is 1.44 bits per heavy atom. The molecular formula is C61H41N3O4. The molecule has 0 aliphatic carbocycles. The van der Waals surface area contributed by atoms with E-state index in [-0.39, 0.29) is 0 Å². The van der Waals surface area contributed by atoms with Gasteiger partial charge in [-0.05, 0) is 124 Å². The van der Waals surface area contributed by atoms with Crippen molar-refractivity contribution in [3.8, 4) is 44.6 Å². The van der Waals surface area contributed by atoms with Gasteiger partial charge in [0.2, 0.25) is 0 Å². The molecule has 0 N–H and O–H groups in total. The first-order chi connectivity index (χ1) is 33.5. The maximum Gasteiger partial charge on any atom is 0.345 e. The van der Waals surface area contributed by atoms with Crippen molar-refractivity contribution in [3.63, 3.8) is 0 Å². The summed E-state index contributed by atoms with van der Waals surface area (Å²) >= 11 is 0. The van der Waals surface area contributed by atoms with E-state index in [4.69, 9.17) is 23.8 Å². The van der Waals surface area contributed by atoms with Crippen molar-refractivity contribution in [2.24, 2.45) is 0 Å². The van der Waals surface area contributed by atoms with E-state index in [1.807, 2.05) is 79.3 Å². The van der Waals surface area contributed by atoms with Gasteiger partial charge in [0.15, 0.2) is 0 Å². The molecule has 0 bridgehead atoms. The average Bonchev–Trinajstić information content (AvgIpc) is 3.40. The molecule has 0 spiro atoms. The summed E-state index contributed by atoms with van der Waals surface area (Å²) in [4.78, 5) is 41.1. The van der Waals surface area contributed by atoms with Gasteiger partial charge in [-0.1, -0.05) is 140 Å². The van der Waals surface area contributed by atoms with Crippen LogP contribution in [0.25, 0.3) is 99.2 Å². The summed E-state index contributed by atoms with van der Waals surface area (Å²) < 4.78 is 11.4. The standard InChI is InChI=1S/C61H41N3O4/c65-60-52-32-40(35-62-58(52)49-19-9-11-21-55(49)67-60)25-23-38-29-39(24-26-41-33-53-59(63-36-41)50-20-10-12-22-56(50)68-61(53)66)31-45(30-38)46-17-7-8-18-47(46)54-37-64-57(43-15-5-2-6-16-43)48-28-27-44(34-51(48)54)42-13-3-1-4-14-42/h1-22,27-37H,23-26H2. The predicted molar refractivity (Wildman–Crippen MR) is 274 cm³/mol. The minimum atomic E-state index is -0.391. The van der Waals surface area contributed by atoms with Gasteiger partial charge in [-0.2, -0.15) is 0 Å². The summed E-state index contributed by atoms with van der Waals surface area (Å²) in [6.07, 6.45) is 8.52. The Labute approximate surface area is 390 Å². The monoisotopic (exact) mass is 879 g/mol. The van der Waals surface area contributed by atoms with Gasteiger partial charge in [-0.3, -0.25) is 15.0 Å². The molecule has 7 nitrogen and oxygen atoms in total. The molecule has 0 atom stereocenters. The second-order valence-electron chi connectivity index (χ2n) is 17.3. The Morgan fingerprint density at radius 1 is 0.324 bits per heavy atom. The second kappa shape index (κ2) is 17.2. The molecule has 324 valence electrons. The first-order valence-corrected chi connectivity index (χ1v) is 22.9. The Balaban J connectivity index is 0.958. The molecular weight excluding hydrogens is 839 g/mol. The maximum atomic E-state index is 13.2. The summed E-state index contributed by atoms with van der Waals surface area (Å²) in [5, 5.41) is 4.78. The van der Waals surface area contributed by atoms with E-state index < -0.39 is 11.3 Å². The minimum Gasteiger partial charge on any atom is -0.422 e. The highest BCUT2D eigenvalue weighted by atomic mass is 16.4. The highest BCUT2D eigenvalue weighted by Crippen LogP contribution is 2.41. The number of pyridine rings is 3. The Morgan fingerprint density at radius 2 is 0.838 bits per heavy atom. The van der Waals surface area contributed by atoms with Crippen molar-refractivity contribution in [1.82, 2.24) is 15.0 Å². The molecule has 7 heteroatoms. The number of para-hydroxylation sites is 2. The Bertz CT molecular complexity index is 3880. The lowest BCUT2D eigenvalue weighted by atomic mass is 9.88. The van der Waals surface area contributed by atoms with Crippen LogP contribution < -0.4 is 11.3 Å². The molecule has 0 aliphatic heterocycles. The molecule has 0 unspecified atom stereocenters. The number of hydrogen-bond acceptors (Lipinski definition) is 7.